The maximum atomic E-state index is 15.9. The van der Waals surface area contributed by atoms with Gasteiger partial charge < -0.3 is 14.9 Å². The summed E-state index contributed by atoms with van der Waals surface area (Å²) in [5, 5.41) is 2.14. The van der Waals surface area contributed by atoms with E-state index < -0.39 is 31.6 Å². The fourth-order valence-electron chi connectivity index (χ4n) is 5.41. The highest BCUT2D eigenvalue weighted by Crippen LogP contribution is 2.48. The maximum absolute atomic E-state index is 15.9. The van der Waals surface area contributed by atoms with E-state index in [1.807, 2.05) is 57.2 Å². The zero-order valence-electron chi connectivity index (χ0n) is 20.7. The highest BCUT2D eigenvalue weighted by Gasteiger charge is 2.57. The van der Waals surface area contributed by atoms with Crippen LogP contribution in [0.15, 0.2) is 60.7 Å². The third kappa shape index (κ3) is 4.73. The van der Waals surface area contributed by atoms with Gasteiger partial charge >= 0.3 is 6.09 Å². The van der Waals surface area contributed by atoms with E-state index >= 15 is 4.39 Å². The van der Waals surface area contributed by atoms with E-state index in [1.54, 1.807) is 0 Å². The van der Waals surface area contributed by atoms with Crippen LogP contribution in [0.1, 0.15) is 60.8 Å². The van der Waals surface area contributed by atoms with Crippen LogP contribution in [-0.4, -0.2) is 32.3 Å². The summed E-state index contributed by atoms with van der Waals surface area (Å²) in [6.45, 7) is 12.3. The first-order valence-electron chi connectivity index (χ1n) is 11.7. The van der Waals surface area contributed by atoms with Crippen LogP contribution in [0.25, 0.3) is 0 Å². The molecule has 0 aromatic heterocycles. The Morgan fingerprint density at radius 3 is 1.82 bits per heavy atom. The van der Waals surface area contributed by atoms with Crippen molar-refractivity contribution in [3.63, 3.8) is 0 Å². The van der Waals surface area contributed by atoms with Gasteiger partial charge in [-0.1, -0.05) is 102 Å². The average Bonchev–Trinajstić information content (AvgIpc) is 2.73. The number of carbonyl (C=O) groups excluding carboxylic acids is 1. The molecule has 1 aliphatic rings. The molecule has 180 valence electrons. The van der Waals surface area contributed by atoms with Crippen LogP contribution in [0.4, 0.5) is 9.18 Å². The van der Waals surface area contributed by atoms with Crippen LogP contribution < -0.4 is 16.1 Å². The van der Waals surface area contributed by atoms with Crippen LogP contribution in [0.2, 0.25) is 5.04 Å². The predicted octanol–water partition coefficient (Wildman–Crippen LogP) is 5.33. The largest absolute Gasteiger partial charge is 0.439 e. The van der Waals surface area contributed by atoms with E-state index in [9.17, 15) is 4.79 Å². The Morgan fingerprint density at radius 2 is 1.45 bits per heavy atom. The third-order valence-corrected chi connectivity index (χ3v) is 12.2. The first-order valence-corrected chi connectivity index (χ1v) is 13.7. The number of primary amides is 1. The molecule has 0 spiro atoms. The first kappa shape index (κ1) is 25.4. The van der Waals surface area contributed by atoms with Gasteiger partial charge in [-0.25, -0.2) is 9.18 Å². The number of ether oxygens (including phenoxy) is 1. The average molecular weight is 472 g/mol. The zero-order valence-corrected chi connectivity index (χ0v) is 21.7. The zero-order chi connectivity index (χ0) is 24.5. The number of amides is 1. The molecule has 6 heteroatoms. The number of hydrogen-bond donors (Lipinski definition) is 1. The lowest BCUT2D eigenvalue weighted by Gasteiger charge is -2.52. The van der Waals surface area contributed by atoms with E-state index in [4.69, 9.17) is 14.9 Å². The van der Waals surface area contributed by atoms with Crippen molar-refractivity contribution < 1.29 is 18.3 Å². The molecule has 1 amide bonds. The van der Waals surface area contributed by atoms with Gasteiger partial charge in [0.1, 0.15) is 11.8 Å². The van der Waals surface area contributed by atoms with Gasteiger partial charge in [-0.05, 0) is 28.3 Å². The second kappa shape index (κ2) is 9.22. The molecule has 1 fully saturated rings. The number of rotatable bonds is 5. The molecule has 0 aliphatic heterocycles. The molecule has 2 aromatic rings. The summed E-state index contributed by atoms with van der Waals surface area (Å²) in [6, 6.07) is 20.7. The molecule has 0 heterocycles. The van der Waals surface area contributed by atoms with Gasteiger partial charge in [-0.15, -0.1) is 0 Å². The summed E-state index contributed by atoms with van der Waals surface area (Å²) in [4.78, 5) is 11.7. The molecule has 1 aliphatic carbocycles. The summed E-state index contributed by atoms with van der Waals surface area (Å²) in [5.41, 5.74) is 3.51. The molecule has 0 radical (unpaired) electrons. The quantitative estimate of drug-likeness (QED) is 0.599. The first-order chi connectivity index (χ1) is 15.3. The number of benzene rings is 2. The number of halogens is 1. The Balaban J connectivity index is 2.03. The van der Waals surface area contributed by atoms with Gasteiger partial charge in [-0.2, -0.15) is 0 Å². The Bertz CT molecular complexity index is 900. The fourth-order valence-corrected chi connectivity index (χ4v) is 10.1. The lowest BCUT2D eigenvalue weighted by atomic mass is 9.66. The Kier molecular flexibility index (Phi) is 7.11. The molecule has 2 aromatic carbocycles. The van der Waals surface area contributed by atoms with Crippen molar-refractivity contribution in [1.29, 1.82) is 0 Å². The number of alkyl halides is 1. The molecule has 1 saturated carbocycles. The second-order valence-corrected chi connectivity index (χ2v) is 15.5. The lowest BCUT2D eigenvalue weighted by molar-refractivity contribution is -0.151. The van der Waals surface area contributed by atoms with Crippen molar-refractivity contribution in [2.75, 3.05) is 0 Å². The summed E-state index contributed by atoms with van der Waals surface area (Å²) in [7, 11) is -2.79. The topological polar surface area (TPSA) is 61.5 Å². The van der Waals surface area contributed by atoms with E-state index in [0.29, 0.717) is 12.8 Å². The minimum Gasteiger partial charge on any atom is -0.439 e. The van der Waals surface area contributed by atoms with Gasteiger partial charge in [0.05, 0.1) is 0 Å². The molecule has 0 saturated heterocycles. The highest BCUT2D eigenvalue weighted by molar-refractivity contribution is 6.99. The van der Waals surface area contributed by atoms with E-state index in [2.05, 4.69) is 45.0 Å². The summed E-state index contributed by atoms with van der Waals surface area (Å²) in [6.07, 6.45) is -1.48. The van der Waals surface area contributed by atoms with Crippen LogP contribution >= 0.6 is 0 Å². The Morgan fingerprint density at radius 1 is 0.970 bits per heavy atom. The minimum absolute atomic E-state index is 0.162. The smallest absolute Gasteiger partial charge is 0.405 e. The van der Waals surface area contributed by atoms with Crippen LogP contribution in [0.5, 0.6) is 0 Å². The van der Waals surface area contributed by atoms with Crippen molar-refractivity contribution in [3.8, 4) is 0 Å². The van der Waals surface area contributed by atoms with E-state index in [-0.39, 0.29) is 17.6 Å². The monoisotopic (exact) mass is 471 g/mol. The van der Waals surface area contributed by atoms with Crippen molar-refractivity contribution in [2.45, 2.75) is 83.7 Å². The normalized spacial score (nSPS) is 24.3. The van der Waals surface area contributed by atoms with Crippen LogP contribution in [0.3, 0.4) is 0 Å². The summed E-state index contributed by atoms with van der Waals surface area (Å²) < 4.78 is 28.5. The molecule has 2 N–H and O–H groups in total. The Hall–Kier alpha value is -2.18. The molecule has 4 nitrogen and oxygen atoms in total. The van der Waals surface area contributed by atoms with Crippen molar-refractivity contribution in [3.05, 3.63) is 60.7 Å². The maximum Gasteiger partial charge on any atom is 0.405 e. The van der Waals surface area contributed by atoms with Crippen molar-refractivity contribution in [2.24, 2.45) is 11.1 Å². The second-order valence-electron chi connectivity index (χ2n) is 11.2. The number of carbonyl (C=O) groups is 1. The molecule has 0 bridgehead atoms. The minimum atomic E-state index is -2.79. The lowest BCUT2D eigenvalue weighted by Crippen LogP contribution is -2.68. The standard InChI is InChI=1S/C27H38FNO3Si/c1-25(2,3)27(31-24(29)30)18-17-20(19-23(27)28)32-33(26(4,5)6,21-13-9-7-10-14-21)22-15-11-8-12-16-22/h7-16,20,23H,17-19H2,1-6H3,(H2,29,30)/t20-,23+,27-/m1/s1. The predicted molar refractivity (Wildman–Crippen MR) is 134 cm³/mol. The van der Waals surface area contributed by atoms with E-state index in [1.165, 1.54) is 10.4 Å². The van der Waals surface area contributed by atoms with Crippen LogP contribution in [-0.2, 0) is 9.16 Å². The van der Waals surface area contributed by atoms with Crippen molar-refractivity contribution in [1.82, 2.24) is 0 Å². The van der Waals surface area contributed by atoms with E-state index in [0.717, 1.165) is 0 Å². The molecule has 3 rings (SSSR count). The van der Waals surface area contributed by atoms with Crippen molar-refractivity contribution >= 4 is 24.8 Å². The fraction of sp³-hybridized carbons (Fsp3) is 0.519. The molecule has 0 unspecified atom stereocenters. The van der Waals surface area contributed by atoms with Gasteiger partial charge in [0, 0.05) is 17.9 Å². The summed E-state index contributed by atoms with van der Waals surface area (Å²) in [5.74, 6) is 0. The van der Waals surface area contributed by atoms with Gasteiger partial charge in [-0.3, -0.25) is 0 Å². The Labute approximate surface area is 198 Å². The van der Waals surface area contributed by atoms with Gasteiger partial charge in [0.2, 0.25) is 0 Å². The molecule has 33 heavy (non-hydrogen) atoms. The van der Waals surface area contributed by atoms with Gasteiger partial charge in [0.15, 0.2) is 0 Å². The SMILES string of the molecule is CC(C)(C)[C@@]1(OC(N)=O)CC[C@@H](O[Si](c2ccccc2)(c2ccccc2)C(C)(C)C)C[C@@H]1F. The number of nitrogens with two attached hydrogens (primary N) is 1. The highest BCUT2D eigenvalue weighted by atomic mass is 28.4. The molecular formula is C27H38FNO3Si. The summed E-state index contributed by atoms with van der Waals surface area (Å²) >= 11 is 0. The van der Waals surface area contributed by atoms with Crippen LogP contribution in [0, 0.1) is 5.41 Å². The van der Waals surface area contributed by atoms with Gasteiger partial charge in [0.25, 0.3) is 8.32 Å². The molecular weight excluding hydrogens is 433 g/mol. The molecule has 3 atom stereocenters. The number of hydrogen-bond acceptors (Lipinski definition) is 3. The third-order valence-electron chi connectivity index (χ3n) is 7.13.